The third-order valence-electron chi connectivity index (χ3n) is 4.71. The SMILES string of the molecule is O=C(Cc1c(F)c(F)c(F)c(F)c1F)Nc1ccc(S(=O)(=O)NC2=NCCCCC2)cc1. The molecule has 6 nitrogen and oxygen atoms in total. The number of carbonyl (C=O) groups is 1. The fourth-order valence-electron chi connectivity index (χ4n) is 3.06. The first-order chi connectivity index (χ1) is 15.1. The van der Waals surface area contributed by atoms with Crippen LogP contribution in [0.15, 0.2) is 34.2 Å². The van der Waals surface area contributed by atoms with E-state index in [-0.39, 0.29) is 10.6 Å². The number of hydrogen-bond donors (Lipinski definition) is 2. The van der Waals surface area contributed by atoms with Crippen LogP contribution in [-0.2, 0) is 21.2 Å². The van der Waals surface area contributed by atoms with E-state index in [0.29, 0.717) is 18.8 Å². The molecule has 3 rings (SSSR count). The number of nitrogens with zero attached hydrogens (tertiary/aromatic N) is 1. The molecule has 1 amide bonds. The van der Waals surface area contributed by atoms with Gasteiger partial charge in [-0.15, -0.1) is 0 Å². The van der Waals surface area contributed by atoms with Gasteiger partial charge >= 0.3 is 0 Å². The summed E-state index contributed by atoms with van der Waals surface area (Å²) in [6.45, 7) is 0.534. The Morgan fingerprint density at radius 3 is 2.09 bits per heavy atom. The molecule has 0 unspecified atom stereocenters. The Morgan fingerprint density at radius 1 is 0.875 bits per heavy atom. The first kappa shape index (κ1) is 23.6. The molecule has 2 aromatic rings. The van der Waals surface area contributed by atoms with Crippen molar-refractivity contribution in [3.63, 3.8) is 0 Å². The van der Waals surface area contributed by atoms with E-state index in [4.69, 9.17) is 0 Å². The molecular formula is C20H18F5N3O3S. The Balaban J connectivity index is 1.70. The highest BCUT2D eigenvalue weighted by atomic mass is 32.2. The molecule has 0 aromatic heterocycles. The highest BCUT2D eigenvalue weighted by molar-refractivity contribution is 7.90. The molecule has 0 radical (unpaired) electrons. The second kappa shape index (κ2) is 9.63. The molecular weight excluding hydrogens is 457 g/mol. The van der Waals surface area contributed by atoms with Crippen molar-refractivity contribution >= 4 is 27.5 Å². The third-order valence-corrected chi connectivity index (χ3v) is 6.11. The molecule has 0 saturated carbocycles. The molecule has 0 bridgehead atoms. The molecule has 0 saturated heterocycles. The van der Waals surface area contributed by atoms with Gasteiger partial charge in [-0.25, -0.2) is 30.4 Å². The summed E-state index contributed by atoms with van der Waals surface area (Å²) in [5.41, 5.74) is -1.21. The maximum absolute atomic E-state index is 13.7. The monoisotopic (exact) mass is 475 g/mol. The molecule has 2 N–H and O–H groups in total. The number of sulfonamides is 1. The zero-order chi connectivity index (χ0) is 23.5. The quantitative estimate of drug-likeness (QED) is 0.392. The lowest BCUT2D eigenvalue weighted by atomic mass is 10.1. The Bertz CT molecular complexity index is 1140. The maximum atomic E-state index is 13.7. The van der Waals surface area contributed by atoms with Crippen molar-refractivity contribution in [1.29, 1.82) is 0 Å². The second-order valence-corrected chi connectivity index (χ2v) is 8.72. The van der Waals surface area contributed by atoms with Crippen molar-refractivity contribution in [3.8, 4) is 0 Å². The van der Waals surface area contributed by atoms with Gasteiger partial charge in [0.1, 0.15) is 5.84 Å². The lowest BCUT2D eigenvalue weighted by Crippen LogP contribution is -2.30. The number of amidine groups is 1. The van der Waals surface area contributed by atoms with Gasteiger partial charge in [0.05, 0.1) is 11.3 Å². The summed E-state index contributed by atoms with van der Waals surface area (Å²) in [5, 5.41) is 2.22. The summed E-state index contributed by atoms with van der Waals surface area (Å²) >= 11 is 0. The van der Waals surface area contributed by atoms with E-state index in [2.05, 4.69) is 15.0 Å². The molecule has 1 heterocycles. The van der Waals surface area contributed by atoms with Crippen LogP contribution in [0.5, 0.6) is 0 Å². The van der Waals surface area contributed by atoms with Crippen molar-refractivity contribution in [2.24, 2.45) is 4.99 Å². The first-order valence-corrected chi connectivity index (χ1v) is 11.0. The number of anilines is 1. The molecule has 0 aliphatic carbocycles. The summed E-state index contributed by atoms with van der Waals surface area (Å²) < 4.78 is 94.5. The van der Waals surface area contributed by atoms with Crippen LogP contribution in [0.2, 0.25) is 0 Å². The van der Waals surface area contributed by atoms with Gasteiger partial charge in [0.15, 0.2) is 23.3 Å². The molecule has 32 heavy (non-hydrogen) atoms. The number of aliphatic imine (C=N–C) groups is 1. The molecule has 172 valence electrons. The molecule has 1 aliphatic rings. The minimum absolute atomic E-state index is 0.0598. The summed E-state index contributed by atoms with van der Waals surface area (Å²) in [7, 11) is -3.91. The van der Waals surface area contributed by atoms with E-state index >= 15 is 0 Å². The van der Waals surface area contributed by atoms with E-state index in [0.717, 1.165) is 19.3 Å². The minimum atomic E-state index is -3.91. The lowest BCUT2D eigenvalue weighted by molar-refractivity contribution is -0.115. The van der Waals surface area contributed by atoms with Gasteiger partial charge < -0.3 is 5.32 Å². The van der Waals surface area contributed by atoms with Crippen LogP contribution < -0.4 is 10.0 Å². The largest absolute Gasteiger partial charge is 0.326 e. The standard InChI is InChI=1S/C20H18F5N3O3S/c21-16-13(17(22)19(24)20(25)18(16)23)10-15(29)27-11-5-7-12(8-6-11)32(30,31)28-14-4-2-1-3-9-26-14/h5-8H,1-4,9-10H2,(H,26,28)(H,27,29). The van der Waals surface area contributed by atoms with Crippen LogP contribution in [0.3, 0.4) is 0 Å². The number of rotatable bonds is 5. The molecule has 1 aliphatic heterocycles. The fourth-order valence-corrected chi connectivity index (χ4v) is 4.15. The second-order valence-electron chi connectivity index (χ2n) is 7.04. The van der Waals surface area contributed by atoms with Gasteiger partial charge in [-0.3, -0.25) is 14.5 Å². The van der Waals surface area contributed by atoms with Crippen molar-refractivity contribution in [1.82, 2.24) is 4.72 Å². The number of benzene rings is 2. The topological polar surface area (TPSA) is 87.6 Å². The van der Waals surface area contributed by atoms with Gasteiger partial charge in [-0.2, -0.15) is 0 Å². The van der Waals surface area contributed by atoms with E-state index in [1.54, 1.807) is 0 Å². The van der Waals surface area contributed by atoms with E-state index < -0.39 is 57.0 Å². The Kier molecular flexibility index (Phi) is 7.12. The minimum Gasteiger partial charge on any atom is -0.326 e. The average molecular weight is 475 g/mol. The Morgan fingerprint density at radius 2 is 1.47 bits per heavy atom. The summed E-state index contributed by atoms with van der Waals surface area (Å²) in [6, 6.07) is 4.82. The van der Waals surface area contributed by atoms with Gasteiger partial charge in [0.2, 0.25) is 11.7 Å². The van der Waals surface area contributed by atoms with Crippen molar-refractivity contribution in [2.75, 3.05) is 11.9 Å². The summed E-state index contributed by atoms with van der Waals surface area (Å²) in [4.78, 5) is 16.1. The van der Waals surface area contributed by atoms with Gasteiger partial charge in [-0.05, 0) is 37.1 Å². The third kappa shape index (κ3) is 5.23. The van der Waals surface area contributed by atoms with Crippen LogP contribution in [0.25, 0.3) is 0 Å². The molecule has 0 spiro atoms. The summed E-state index contributed by atoms with van der Waals surface area (Å²) in [5.74, 6) is -11.5. The average Bonchev–Trinajstić information content (AvgIpc) is 3.02. The number of nitrogens with one attached hydrogen (secondary N) is 2. The zero-order valence-electron chi connectivity index (χ0n) is 16.5. The number of amides is 1. The van der Waals surface area contributed by atoms with Crippen molar-refractivity contribution in [2.45, 2.75) is 37.0 Å². The van der Waals surface area contributed by atoms with Crippen molar-refractivity contribution < 1.29 is 35.2 Å². The number of carbonyl (C=O) groups excluding carboxylic acids is 1. The van der Waals surface area contributed by atoms with Crippen LogP contribution in [0.1, 0.15) is 31.2 Å². The van der Waals surface area contributed by atoms with Crippen molar-refractivity contribution in [3.05, 3.63) is 58.9 Å². The molecule has 12 heteroatoms. The predicted molar refractivity (Wildman–Crippen MR) is 106 cm³/mol. The normalized spacial score (nSPS) is 14.5. The van der Waals surface area contributed by atoms with E-state index in [1.165, 1.54) is 24.3 Å². The lowest BCUT2D eigenvalue weighted by Gasteiger charge is -2.11. The van der Waals surface area contributed by atoms with Crippen LogP contribution in [0.4, 0.5) is 27.6 Å². The van der Waals surface area contributed by atoms with E-state index in [9.17, 15) is 35.2 Å². The highest BCUT2D eigenvalue weighted by Gasteiger charge is 2.27. The van der Waals surface area contributed by atoms with Gasteiger partial charge in [0, 0.05) is 24.2 Å². The van der Waals surface area contributed by atoms with Gasteiger partial charge in [0.25, 0.3) is 10.0 Å². The first-order valence-electron chi connectivity index (χ1n) is 9.56. The maximum Gasteiger partial charge on any atom is 0.262 e. The van der Waals surface area contributed by atoms with Crippen LogP contribution in [-0.4, -0.2) is 26.7 Å². The van der Waals surface area contributed by atoms with E-state index in [1.807, 2.05) is 0 Å². The zero-order valence-corrected chi connectivity index (χ0v) is 17.3. The number of halogens is 5. The highest BCUT2D eigenvalue weighted by Crippen LogP contribution is 2.24. The van der Waals surface area contributed by atoms with Gasteiger partial charge in [-0.1, -0.05) is 6.42 Å². The smallest absolute Gasteiger partial charge is 0.262 e. The Hall–Kier alpha value is -3.02. The summed E-state index contributed by atoms with van der Waals surface area (Å²) in [6.07, 6.45) is 2.03. The molecule has 2 aromatic carbocycles. The molecule has 0 atom stereocenters. The number of hydrogen-bond acceptors (Lipinski definition) is 4. The van der Waals surface area contributed by atoms with Crippen LogP contribution >= 0.6 is 0 Å². The molecule has 0 fully saturated rings. The Labute approximate surface area is 180 Å². The van der Waals surface area contributed by atoms with Crippen LogP contribution in [0, 0.1) is 29.1 Å². The fraction of sp³-hybridized carbons (Fsp3) is 0.300. The predicted octanol–water partition coefficient (Wildman–Crippen LogP) is 3.81.